The van der Waals surface area contributed by atoms with E-state index in [9.17, 15) is 10.2 Å². The molecule has 0 aromatic heterocycles. The molecule has 0 amide bonds. The van der Waals surface area contributed by atoms with E-state index in [4.69, 9.17) is 11.6 Å². The topological polar surface area (TPSA) is 52.5 Å². The molecule has 0 saturated heterocycles. The zero-order valence-corrected chi connectivity index (χ0v) is 13.2. The Morgan fingerprint density at radius 3 is 2.60 bits per heavy atom. The van der Waals surface area contributed by atoms with Crippen LogP contribution in [0.25, 0.3) is 5.57 Å². The van der Waals surface area contributed by atoms with Crippen molar-refractivity contribution in [3.8, 4) is 5.75 Å². The summed E-state index contributed by atoms with van der Waals surface area (Å²) in [5.41, 5.74) is 1.91. The van der Waals surface area contributed by atoms with Crippen molar-refractivity contribution in [1.82, 2.24) is 5.32 Å². The third-order valence-electron chi connectivity index (χ3n) is 3.50. The molecular formula is C16H22ClNO2. The maximum absolute atomic E-state index is 10.4. The van der Waals surface area contributed by atoms with Crippen molar-refractivity contribution >= 4 is 17.2 Å². The molecule has 3 nitrogen and oxygen atoms in total. The first kappa shape index (κ1) is 16.8. The number of aliphatic hydroxyl groups is 1. The number of hydrogen-bond donors (Lipinski definition) is 3. The SMILES string of the molecule is C=CCNC(C)(O)/C(C)=C(\C)c1cc(C)cc(Cl)c1O. The summed E-state index contributed by atoms with van der Waals surface area (Å²) in [6.45, 7) is 11.4. The van der Waals surface area contributed by atoms with E-state index in [1.165, 1.54) is 0 Å². The fourth-order valence-corrected chi connectivity index (χ4v) is 2.26. The molecule has 0 aliphatic carbocycles. The van der Waals surface area contributed by atoms with Crippen LogP contribution in [0.4, 0.5) is 0 Å². The van der Waals surface area contributed by atoms with Gasteiger partial charge in [0.1, 0.15) is 11.5 Å². The Labute approximate surface area is 125 Å². The Morgan fingerprint density at radius 2 is 2.05 bits per heavy atom. The number of phenolic OH excluding ortho intramolecular Hbond substituents is 1. The molecule has 4 heteroatoms. The molecule has 0 bridgehead atoms. The van der Waals surface area contributed by atoms with E-state index in [0.717, 1.165) is 16.7 Å². The Bertz CT molecular complexity index is 548. The van der Waals surface area contributed by atoms with Crippen molar-refractivity contribution in [3.05, 3.63) is 46.5 Å². The van der Waals surface area contributed by atoms with Gasteiger partial charge in [-0.3, -0.25) is 5.32 Å². The normalized spacial score (nSPS) is 15.5. The van der Waals surface area contributed by atoms with Crippen molar-refractivity contribution in [1.29, 1.82) is 0 Å². The summed E-state index contributed by atoms with van der Waals surface area (Å²) in [4.78, 5) is 0. The summed E-state index contributed by atoms with van der Waals surface area (Å²) >= 11 is 6.00. The van der Waals surface area contributed by atoms with Gasteiger partial charge in [-0.15, -0.1) is 6.58 Å². The van der Waals surface area contributed by atoms with Crippen LogP contribution in [0.2, 0.25) is 5.02 Å². The van der Waals surface area contributed by atoms with Crippen LogP contribution in [-0.4, -0.2) is 22.5 Å². The lowest BCUT2D eigenvalue weighted by Crippen LogP contribution is -2.43. The smallest absolute Gasteiger partial charge is 0.141 e. The highest BCUT2D eigenvalue weighted by Crippen LogP contribution is 2.36. The third-order valence-corrected chi connectivity index (χ3v) is 3.78. The van der Waals surface area contributed by atoms with E-state index in [2.05, 4.69) is 11.9 Å². The lowest BCUT2D eigenvalue weighted by molar-refractivity contribution is 0.0663. The maximum Gasteiger partial charge on any atom is 0.141 e. The van der Waals surface area contributed by atoms with Crippen molar-refractivity contribution in [3.63, 3.8) is 0 Å². The van der Waals surface area contributed by atoms with Gasteiger partial charge in [-0.2, -0.15) is 0 Å². The lowest BCUT2D eigenvalue weighted by Gasteiger charge is -2.27. The molecule has 20 heavy (non-hydrogen) atoms. The van der Waals surface area contributed by atoms with E-state index >= 15 is 0 Å². The summed E-state index contributed by atoms with van der Waals surface area (Å²) in [7, 11) is 0. The van der Waals surface area contributed by atoms with E-state index in [0.29, 0.717) is 17.1 Å². The average Bonchev–Trinajstić information content (AvgIpc) is 2.38. The number of benzene rings is 1. The van der Waals surface area contributed by atoms with Gasteiger partial charge in [-0.25, -0.2) is 0 Å². The van der Waals surface area contributed by atoms with Gasteiger partial charge in [0.15, 0.2) is 0 Å². The third kappa shape index (κ3) is 3.63. The van der Waals surface area contributed by atoms with Crippen molar-refractivity contribution in [2.24, 2.45) is 0 Å². The second kappa shape index (κ2) is 6.44. The van der Waals surface area contributed by atoms with Crippen molar-refractivity contribution in [2.45, 2.75) is 33.4 Å². The van der Waals surface area contributed by atoms with Gasteiger partial charge in [0.05, 0.1) is 5.02 Å². The minimum Gasteiger partial charge on any atom is -0.506 e. The van der Waals surface area contributed by atoms with E-state index < -0.39 is 5.72 Å². The Morgan fingerprint density at radius 1 is 1.45 bits per heavy atom. The van der Waals surface area contributed by atoms with Crippen LogP contribution in [0, 0.1) is 6.92 Å². The minimum absolute atomic E-state index is 0.0358. The van der Waals surface area contributed by atoms with Crippen LogP contribution in [0.3, 0.4) is 0 Å². The first-order valence-electron chi connectivity index (χ1n) is 6.46. The monoisotopic (exact) mass is 295 g/mol. The molecule has 110 valence electrons. The fraction of sp³-hybridized carbons (Fsp3) is 0.375. The van der Waals surface area contributed by atoms with Crippen molar-refractivity contribution in [2.75, 3.05) is 6.54 Å². The quantitative estimate of drug-likeness (QED) is 0.574. The maximum atomic E-state index is 10.4. The number of halogens is 1. The second-order valence-electron chi connectivity index (χ2n) is 5.13. The molecule has 0 heterocycles. The number of aryl methyl sites for hydroxylation is 1. The lowest BCUT2D eigenvalue weighted by atomic mass is 9.94. The zero-order chi connectivity index (χ0) is 15.5. The summed E-state index contributed by atoms with van der Waals surface area (Å²) in [6.07, 6.45) is 1.68. The summed E-state index contributed by atoms with van der Waals surface area (Å²) in [6, 6.07) is 3.56. The van der Waals surface area contributed by atoms with E-state index in [-0.39, 0.29) is 5.75 Å². The molecule has 0 fully saturated rings. The number of nitrogens with one attached hydrogen (secondary N) is 1. The fourth-order valence-electron chi connectivity index (χ4n) is 1.99. The minimum atomic E-state index is -1.18. The first-order chi connectivity index (χ1) is 9.20. The number of rotatable bonds is 5. The highest BCUT2D eigenvalue weighted by Gasteiger charge is 2.24. The van der Waals surface area contributed by atoms with E-state index in [1.807, 2.05) is 26.8 Å². The Balaban J connectivity index is 3.30. The second-order valence-corrected chi connectivity index (χ2v) is 5.54. The summed E-state index contributed by atoms with van der Waals surface area (Å²) in [5, 5.41) is 23.8. The van der Waals surface area contributed by atoms with Crippen LogP contribution >= 0.6 is 11.6 Å². The number of aromatic hydroxyl groups is 1. The van der Waals surface area contributed by atoms with Gasteiger partial charge in [0.2, 0.25) is 0 Å². The predicted octanol–water partition coefficient (Wildman–Crippen LogP) is 3.63. The molecule has 1 aromatic rings. The van der Waals surface area contributed by atoms with Crippen LogP contribution in [-0.2, 0) is 0 Å². The molecule has 0 spiro atoms. The highest BCUT2D eigenvalue weighted by molar-refractivity contribution is 6.32. The number of phenols is 1. The molecule has 1 rings (SSSR count). The summed E-state index contributed by atoms with van der Waals surface area (Å²) < 4.78 is 0. The molecule has 0 saturated carbocycles. The molecule has 3 N–H and O–H groups in total. The number of hydrogen-bond acceptors (Lipinski definition) is 3. The van der Waals surface area contributed by atoms with Gasteiger partial charge in [-0.05, 0) is 56.5 Å². The first-order valence-corrected chi connectivity index (χ1v) is 6.84. The molecule has 0 radical (unpaired) electrons. The van der Waals surface area contributed by atoms with Crippen LogP contribution in [0.15, 0.2) is 30.4 Å². The molecule has 1 unspecified atom stereocenters. The van der Waals surface area contributed by atoms with Gasteiger partial charge in [-0.1, -0.05) is 17.7 Å². The van der Waals surface area contributed by atoms with Gasteiger partial charge >= 0.3 is 0 Å². The van der Waals surface area contributed by atoms with Gasteiger partial charge in [0.25, 0.3) is 0 Å². The average molecular weight is 296 g/mol. The Hall–Kier alpha value is -1.29. The summed E-state index contributed by atoms with van der Waals surface area (Å²) in [5.74, 6) is 0.0358. The van der Waals surface area contributed by atoms with Crippen LogP contribution in [0.5, 0.6) is 5.75 Å². The zero-order valence-electron chi connectivity index (χ0n) is 12.4. The Kier molecular flexibility index (Phi) is 5.40. The van der Waals surface area contributed by atoms with Crippen molar-refractivity contribution < 1.29 is 10.2 Å². The highest BCUT2D eigenvalue weighted by atomic mass is 35.5. The predicted molar refractivity (Wildman–Crippen MR) is 84.9 cm³/mol. The largest absolute Gasteiger partial charge is 0.506 e. The van der Waals surface area contributed by atoms with Gasteiger partial charge in [0, 0.05) is 12.1 Å². The molecule has 0 aliphatic heterocycles. The van der Waals surface area contributed by atoms with E-state index in [1.54, 1.807) is 19.1 Å². The standard InChI is InChI=1S/C16H22ClNO2/c1-6-7-18-16(5,20)12(4)11(3)13-8-10(2)9-14(17)15(13)19/h6,8-9,18-20H,1,7H2,2-5H3/b12-11+. The molecule has 1 aromatic carbocycles. The van der Waals surface area contributed by atoms with Crippen LogP contribution < -0.4 is 5.32 Å². The molecular weight excluding hydrogens is 274 g/mol. The molecule has 1 atom stereocenters. The van der Waals surface area contributed by atoms with Crippen LogP contribution in [0.1, 0.15) is 31.9 Å². The molecule has 0 aliphatic rings. The number of allylic oxidation sites excluding steroid dienone is 1. The van der Waals surface area contributed by atoms with Gasteiger partial charge < -0.3 is 10.2 Å².